The van der Waals surface area contributed by atoms with Gasteiger partial charge in [-0.25, -0.2) is 0 Å². The summed E-state index contributed by atoms with van der Waals surface area (Å²) < 4.78 is 5.92. The van der Waals surface area contributed by atoms with E-state index in [1.54, 1.807) is 0 Å². The van der Waals surface area contributed by atoms with Crippen LogP contribution in [-0.2, 0) is 11.3 Å². The van der Waals surface area contributed by atoms with Crippen molar-refractivity contribution in [2.24, 2.45) is 0 Å². The highest BCUT2D eigenvalue weighted by atomic mass is 16.5. The molecule has 2 N–H and O–H groups in total. The van der Waals surface area contributed by atoms with E-state index >= 15 is 0 Å². The first-order chi connectivity index (χ1) is 12.4. The van der Waals surface area contributed by atoms with Crippen molar-refractivity contribution in [3.8, 4) is 5.75 Å². The summed E-state index contributed by atoms with van der Waals surface area (Å²) in [5.41, 5.74) is 0.884. The Hall–Kier alpha value is -2.07. The summed E-state index contributed by atoms with van der Waals surface area (Å²) >= 11 is 0. The number of hydrogen-bond acceptors (Lipinski definition) is 3. The molecule has 2 aromatic carbocycles. The van der Waals surface area contributed by atoms with E-state index in [1.807, 2.05) is 32.9 Å². The molecule has 0 saturated heterocycles. The molecule has 140 valence electrons. The molecule has 0 unspecified atom stereocenters. The van der Waals surface area contributed by atoms with Crippen molar-refractivity contribution in [2.45, 2.75) is 64.6 Å². The number of benzene rings is 2. The maximum absolute atomic E-state index is 12.1. The van der Waals surface area contributed by atoms with Gasteiger partial charge in [-0.2, -0.15) is 0 Å². The molecule has 0 aliphatic heterocycles. The van der Waals surface area contributed by atoms with Crippen LogP contribution in [0, 0.1) is 0 Å². The second-order valence-electron chi connectivity index (χ2n) is 8.21. The number of nitrogens with one attached hydrogen (secondary N) is 2. The minimum Gasteiger partial charge on any atom is -0.483 e. The summed E-state index contributed by atoms with van der Waals surface area (Å²) in [6.07, 6.45) is 5.11. The molecule has 1 amide bonds. The number of carbonyl (C=O) groups excluding carboxylic acids is 1. The maximum atomic E-state index is 12.1. The molecule has 0 aromatic heterocycles. The first-order valence-corrected chi connectivity index (χ1v) is 9.60. The van der Waals surface area contributed by atoms with Crippen LogP contribution < -0.4 is 15.4 Å². The van der Waals surface area contributed by atoms with Gasteiger partial charge in [0.15, 0.2) is 6.61 Å². The van der Waals surface area contributed by atoms with Gasteiger partial charge in [0.05, 0.1) is 0 Å². The van der Waals surface area contributed by atoms with E-state index in [0.29, 0.717) is 6.04 Å². The van der Waals surface area contributed by atoms with Gasteiger partial charge in [0.25, 0.3) is 5.91 Å². The minimum atomic E-state index is -0.253. The zero-order valence-electron chi connectivity index (χ0n) is 16.1. The average molecular weight is 354 g/mol. The molecule has 26 heavy (non-hydrogen) atoms. The lowest BCUT2D eigenvalue weighted by atomic mass is 10.0. The largest absolute Gasteiger partial charge is 0.483 e. The molecular weight excluding hydrogens is 324 g/mol. The number of ether oxygens (including phenoxy) is 1. The Morgan fingerprint density at radius 3 is 2.58 bits per heavy atom. The summed E-state index contributed by atoms with van der Waals surface area (Å²) in [4.78, 5) is 12.1. The monoisotopic (exact) mass is 354 g/mol. The number of amides is 1. The smallest absolute Gasteiger partial charge is 0.258 e. The van der Waals surface area contributed by atoms with Crippen LogP contribution in [0.25, 0.3) is 10.8 Å². The first kappa shape index (κ1) is 18.7. The van der Waals surface area contributed by atoms with Gasteiger partial charge in [0.1, 0.15) is 5.75 Å². The van der Waals surface area contributed by atoms with Crippen molar-refractivity contribution in [1.29, 1.82) is 0 Å². The van der Waals surface area contributed by atoms with Crippen LogP contribution in [0.3, 0.4) is 0 Å². The standard InChI is InChI=1S/C22H30N2O2/c1-22(2,3)24-21(25)15-26-20-13-12-16-8-4-7-11-18(16)19(20)14-23-17-9-5-6-10-17/h4,7-8,11-13,17,23H,5-6,9-10,14-15H2,1-3H3,(H,24,25). The van der Waals surface area contributed by atoms with Crippen LogP contribution in [0.5, 0.6) is 5.75 Å². The van der Waals surface area contributed by atoms with Crippen LogP contribution in [-0.4, -0.2) is 24.1 Å². The number of hydrogen-bond donors (Lipinski definition) is 2. The van der Waals surface area contributed by atoms with Crippen molar-refractivity contribution in [2.75, 3.05) is 6.61 Å². The number of carbonyl (C=O) groups is 1. The minimum absolute atomic E-state index is 0.0338. The van der Waals surface area contributed by atoms with Crippen molar-refractivity contribution in [1.82, 2.24) is 10.6 Å². The molecule has 0 atom stereocenters. The van der Waals surface area contributed by atoms with Crippen LogP contribution in [0.1, 0.15) is 52.0 Å². The van der Waals surface area contributed by atoms with Gasteiger partial charge in [-0.05, 0) is 50.5 Å². The first-order valence-electron chi connectivity index (χ1n) is 9.60. The van der Waals surface area contributed by atoms with Gasteiger partial charge in [-0.1, -0.05) is 43.2 Å². The summed E-state index contributed by atoms with van der Waals surface area (Å²) in [5.74, 6) is 0.693. The molecule has 4 nitrogen and oxygen atoms in total. The fraction of sp³-hybridized carbons (Fsp3) is 0.500. The van der Waals surface area contributed by atoms with Gasteiger partial charge >= 0.3 is 0 Å². The lowest BCUT2D eigenvalue weighted by Crippen LogP contribution is -2.43. The average Bonchev–Trinajstić information content (AvgIpc) is 3.10. The van der Waals surface area contributed by atoms with Crippen molar-refractivity contribution < 1.29 is 9.53 Å². The number of rotatable bonds is 6. The fourth-order valence-electron chi connectivity index (χ4n) is 3.61. The van der Waals surface area contributed by atoms with E-state index in [4.69, 9.17) is 4.74 Å². The van der Waals surface area contributed by atoms with E-state index in [9.17, 15) is 4.79 Å². The second kappa shape index (κ2) is 8.09. The van der Waals surface area contributed by atoms with Crippen LogP contribution in [0.4, 0.5) is 0 Å². The van der Waals surface area contributed by atoms with E-state index in [1.165, 1.54) is 36.5 Å². The van der Waals surface area contributed by atoms with E-state index in [0.717, 1.165) is 17.9 Å². The zero-order chi connectivity index (χ0) is 18.6. The van der Waals surface area contributed by atoms with Gasteiger partial charge < -0.3 is 15.4 Å². The Kier molecular flexibility index (Phi) is 5.82. The molecule has 4 heteroatoms. The third-order valence-corrected chi connectivity index (χ3v) is 4.79. The van der Waals surface area contributed by atoms with E-state index < -0.39 is 0 Å². The molecule has 0 spiro atoms. The van der Waals surface area contributed by atoms with Gasteiger partial charge in [0, 0.05) is 23.7 Å². The quantitative estimate of drug-likeness (QED) is 0.819. The second-order valence-corrected chi connectivity index (χ2v) is 8.21. The molecule has 3 rings (SSSR count). The van der Waals surface area contributed by atoms with E-state index in [2.05, 4.69) is 34.9 Å². The Balaban J connectivity index is 1.77. The predicted octanol–water partition coefficient (Wildman–Crippen LogP) is 4.17. The van der Waals surface area contributed by atoms with Crippen molar-refractivity contribution in [3.63, 3.8) is 0 Å². The summed E-state index contributed by atoms with van der Waals surface area (Å²) in [6, 6.07) is 13.0. The third kappa shape index (κ3) is 4.98. The van der Waals surface area contributed by atoms with Crippen LogP contribution in [0.2, 0.25) is 0 Å². The van der Waals surface area contributed by atoms with Crippen LogP contribution >= 0.6 is 0 Å². The molecule has 1 aliphatic carbocycles. The molecule has 0 radical (unpaired) electrons. The molecule has 0 bridgehead atoms. The highest BCUT2D eigenvalue weighted by Crippen LogP contribution is 2.29. The Bertz CT molecular complexity index is 758. The lowest BCUT2D eigenvalue weighted by molar-refractivity contribution is -0.124. The summed E-state index contributed by atoms with van der Waals surface area (Å²) in [6.45, 7) is 6.71. The van der Waals surface area contributed by atoms with Gasteiger partial charge in [-0.3, -0.25) is 4.79 Å². The lowest BCUT2D eigenvalue weighted by Gasteiger charge is -2.21. The van der Waals surface area contributed by atoms with Crippen molar-refractivity contribution in [3.05, 3.63) is 42.0 Å². The van der Waals surface area contributed by atoms with Crippen molar-refractivity contribution >= 4 is 16.7 Å². The normalized spacial score (nSPS) is 15.3. The molecule has 1 fully saturated rings. The molecule has 0 heterocycles. The highest BCUT2D eigenvalue weighted by molar-refractivity contribution is 5.88. The third-order valence-electron chi connectivity index (χ3n) is 4.79. The Morgan fingerprint density at radius 2 is 1.85 bits per heavy atom. The molecule has 1 aliphatic rings. The maximum Gasteiger partial charge on any atom is 0.258 e. The van der Waals surface area contributed by atoms with Crippen LogP contribution in [0.15, 0.2) is 36.4 Å². The number of fused-ring (bicyclic) bond motifs is 1. The van der Waals surface area contributed by atoms with E-state index in [-0.39, 0.29) is 18.1 Å². The topological polar surface area (TPSA) is 50.4 Å². The fourth-order valence-corrected chi connectivity index (χ4v) is 3.61. The Labute approximate surface area is 156 Å². The van der Waals surface area contributed by atoms with Gasteiger partial charge in [-0.15, -0.1) is 0 Å². The molecule has 2 aromatic rings. The highest BCUT2D eigenvalue weighted by Gasteiger charge is 2.18. The predicted molar refractivity (Wildman–Crippen MR) is 106 cm³/mol. The summed E-state index contributed by atoms with van der Waals surface area (Å²) in [7, 11) is 0. The Morgan fingerprint density at radius 1 is 1.12 bits per heavy atom. The molecular formula is C22H30N2O2. The zero-order valence-corrected chi connectivity index (χ0v) is 16.1. The summed E-state index contributed by atoms with van der Waals surface area (Å²) in [5, 5.41) is 9.00. The van der Waals surface area contributed by atoms with Gasteiger partial charge in [0.2, 0.25) is 0 Å². The SMILES string of the molecule is CC(C)(C)NC(=O)COc1ccc2ccccc2c1CNC1CCCC1. The molecule has 1 saturated carbocycles.